The molecular weight excluding hydrogens is 220 g/mol. The van der Waals surface area contributed by atoms with E-state index in [1.807, 2.05) is 0 Å². The molecule has 0 aliphatic rings. The lowest BCUT2D eigenvalue weighted by molar-refractivity contribution is -0.0589. The zero-order valence-corrected chi connectivity index (χ0v) is 10.1. The number of hydrogen-bond acceptors (Lipinski definition) is 3. The van der Waals surface area contributed by atoms with Gasteiger partial charge in [-0.1, -0.05) is 12.1 Å². The molecule has 3 N–H and O–H groups in total. The number of nitrogens with two attached hydrogens (primary N) is 1. The molecule has 0 fully saturated rings. The molecule has 5 heteroatoms. The summed E-state index contributed by atoms with van der Waals surface area (Å²) in [5.41, 5.74) is 7.33. The minimum atomic E-state index is -0.647. The second kappa shape index (κ2) is 4.97. The Labute approximate surface area is 99.9 Å². The largest absolute Gasteiger partial charge is 0.366 e. The average Bonchev–Trinajstić information content (AvgIpc) is 2.25. The van der Waals surface area contributed by atoms with Crippen LogP contribution in [0.4, 0.5) is 0 Å². The van der Waals surface area contributed by atoms with Crippen LogP contribution in [0.1, 0.15) is 41.5 Å². The number of hydrogen-bond donors (Lipinski definition) is 2. The lowest BCUT2D eigenvalue weighted by Crippen LogP contribution is -2.34. The number of primary amides is 1. The number of benzene rings is 1. The fourth-order valence-electron chi connectivity index (χ4n) is 1.15. The number of rotatable bonds is 3. The topological polar surface area (TPSA) is 81.4 Å². The van der Waals surface area contributed by atoms with Crippen molar-refractivity contribution in [3.8, 4) is 0 Å². The summed E-state index contributed by atoms with van der Waals surface area (Å²) in [6, 6.07) is 6.30. The minimum absolute atomic E-state index is 0.169. The molecule has 0 aromatic heterocycles. The second-order valence-electron chi connectivity index (χ2n) is 4.56. The molecule has 0 atom stereocenters. The van der Waals surface area contributed by atoms with Gasteiger partial charge in [0.15, 0.2) is 0 Å². The van der Waals surface area contributed by atoms with E-state index >= 15 is 0 Å². The van der Waals surface area contributed by atoms with Gasteiger partial charge in [-0.05, 0) is 32.9 Å². The Kier molecular flexibility index (Phi) is 3.85. The fraction of sp³-hybridized carbons (Fsp3) is 0.333. The molecule has 5 nitrogen and oxygen atoms in total. The lowest BCUT2D eigenvalue weighted by Gasteiger charge is -2.19. The first-order valence-electron chi connectivity index (χ1n) is 5.18. The molecule has 0 saturated heterocycles. The molecular formula is C12H16N2O3. The van der Waals surface area contributed by atoms with Gasteiger partial charge in [-0.3, -0.25) is 14.4 Å². The summed E-state index contributed by atoms with van der Waals surface area (Å²) in [5.74, 6) is -1.14. The van der Waals surface area contributed by atoms with Crippen LogP contribution in [0.3, 0.4) is 0 Å². The van der Waals surface area contributed by atoms with Crippen LogP contribution >= 0.6 is 0 Å². The highest BCUT2D eigenvalue weighted by Crippen LogP contribution is 2.09. The van der Waals surface area contributed by atoms with Crippen LogP contribution in [0.5, 0.6) is 0 Å². The smallest absolute Gasteiger partial charge is 0.275 e. The van der Waals surface area contributed by atoms with Gasteiger partial charge in [-0.25, -0.2) is 5.48 Å². The Morgan fingerprint density at radius 2 is 1.71 bits per heavy atom. The molecule has 92 valence electrons. The van der Waals surface area contributed by atoms with Crippen LogP contribution in [0, 0.1) is 0 Å². The summed E-state index contributed by atoms with van der Waals surface area (Å²) in [5, 5.41) is 0. The maximum absolute atomic E-state index is 11.8. The van der Waals surface area contributed by atoms with Crippen molar-refractivity contribution in [1.82, 2.24) is 5.48 Å². The van der Waals surface area contributed by atoms with E-state index in [9.17, 15) is 9.59 Å². The fourth-order valence-corrected chi connectivity index (χ4v) is 1.15. The molecule has 1 rings (SSSR count). The van der Waals surface area contributed by atoms with Crippen molar-refractivity contribution in [3.05, 3.63) is 35.4 Å². The van der Waals surface area contributed by atoms with Crippen molar-refractivity contribution in [1.29, 1.82) is 0 Å². The predicted octanol–water partition coefficient (Wildman–Crippen LogP) is 1.25. The highest BCUT2D eigenvalue weighted by atomic mass is 16.7. The standard InChI is InChI=1S/C12H16N2O3/c1-12(2,3)17-14-11(16)9-7-5-4-6-8(9)10(13)15/h4-7H,1-3H3,(H2,13,15)(H,14,16). The molecule has 0 unspecified atom stereocenters. The maximum Gasteiger partial charge on any atom is 0.275 e. The minimum Gasteiger partial charge on any atom is -0.366 e. The van der Waals surface area contributed by atoms with Crippen molar-refractivity contribution in [2.45, 2.75) is 26.4 Å². The van der Waals surface area contributed by atoms with Crippen molar-refractivity contribution >= 4 is 11.8 Å². The molecule has 0 aliphatic carbocycles. The zero-order valence-electron chi connectivity index (χ0n) is 10.1. The van der Waals surface area contributed by atoms with Gasteiger partial charge < -0.3 is 5.73 Å². The Bertz CT molecular complexity index is 436. The molecule has 1 aromatic carbocycles. The molecule has 2 amide bonds. The summed E-state index contributed by atoms with van der Waals surface area (Å²) in [7, 11) is 0. The van der Waals surface area contributed by atoms with Crippen LogP contribution in [0.25, 0.3) is 0 Å². The second-order valence-corrected chi connectivity index (χ2v) is 4.56. The van der Waals surface area contributed by atoms with Crippen LogP contribution < -0.4 is 11.2 Å². The van der Waals surface area contributed by atoms with E-state index in [0.717, 1.165) is 0 Å². The van der Waals surface area contributed by atoms with E-state index < -0.39 is 17.4 Å². The van der Waals surface area contributed by atoms with Gasteiger partial charge in [-0.15, -0.1) is 0 Å². The van der Waals surface area contributed by atoms with Crippen molar-refractivity contribution in [2.75, 3.05) is 0 Å². The maximum atomic E-state index is 11.8. The lowest BCUT2D eigenvalue weighted by atomic mass is 10.1. The molecule has 17 heavy (non-hydrogen) atoms. The van der Waals surface area contributed by atoms with Gasteiger partial charge in [0.2, 0.25) is 5.91 Å². The summed E-state index contributed by atoms with van der Waals surface area (Å²) >= 11 is 0. The number of hydroxylamine groups is 1. The first-order valence-corrected chi connectivity index (χ1v) is 5.18. The zero-order chi connectivity index (χ0) is 13.1. The third-order valence-electron chi connectivity index (χ3n) is 1.89. The van der Waals surface area contributed by atoms with Crippen molar-refractivity contribution in [3.63, 3.8) is 0 Å². The van der Waals surface area contributed by atoms with Crippen LogP contribution in [0.2, 0.25) is 0 Å². The van der Waals surface area contributed by atoms with Gasteiger partial charge in [0.25, 0.3) is 5.91 Å². The first-order chi connectivity index (χ1) is 7.81. The van der Waals surface area contributed by atoms with E-state index in [2.05, 4.69) is 5.48 Å². The molecule has 0 bridgehead atoms. The predicted molar refractivity (Wildman–Crippen MR) is 63.3 cm³/mol. The molecule has 1 aromatic rings. The van der Waals surface area contributed by atoms with E-state index in [1.54, 1.807) is 32.9 Å². The Morgan fingerprint density at radius 1 is 1.18 bits per heavy atom. The third kappa shape index (κ3) is 3.88. The molecule has 0 spiro atoms. The van der Waals surface area contributed by atoms with E-state index in [4.69, 9.17) is 10.6 Å². The molecule has 0 aliphatic heterocycles. The quantitative estimate of drug-likeness (QED) is 0.775. The Hall–Kier alpha value is -1.88. The number of amides is 2. The SMILES string of the molecule is CC(C)(C)ONC(=O)c1ccccc1C(N)=O. The summed E-state index contributed by atoms with van der Waals surface area (Å²) < 4.78 is 0. The Balaban J connectivity index is 2.86. The summed E-state index contributed by atoms with van der Waals surface area (Å²) in [6.07, 6.45) is 0. The van der Waals surface area contributed by atoms with Crippen LogP contribution in [-0.2, 0) is 4.84 Å². The van der Waals surface area contributed by atoms with Crippen LogP contribution in [0.15, 0.2) is 24.3 Å². The number of carbonyl (C=O) groups excluding carboxylic acids is 2. The normalized spacial score (nSPS) is 11.0. The number of carbonyl (C=O) groups is 2. The van der Waals surface area contributed by atoms with E-state index in [0.29, 0.717) is 0 Å². The van der Waals surface area contributed by atoms with E-state index in [1.165, 1.54) is 12.1 Å². The van der Waals surface area contributed by atoms with E-state index in [-0.39, 0.29) is 11.1 Å². The highest BCUT2D eigenvalue weighted by Gasteiger charge is 2.17. The monoisotopic (exact) mass is 236 g/mol. The summed E-state index contributed by atoms with van der Waals surface area (Å²) in [4.78, 5) is 28.0. The third-order valence-corrected chi connectivity index (χ3v) is 1.89. The van der Waals surface area contributed by atoms with Crippen molar-refractivity contribution in [2.24, 2.45) is 5.73 Å². The van der Waals surface area contributed by atoms with Gasteiger partial charge in [0, 0.05) is 0 Å². The number of nitrogens with one attached hydrogen (secondary N) is 1. The summed E-state index contributed by atoms with van der Waals surface area (Å²) in [6.45, 7) is 5.40. The van der Waals surface area contributed by atoms with Gasteiger partial charge in [0.1, 0.15) is 0 Å². The first kappa shape index (κ1) is 13.2. The average molecular weight is 236 g/mol. The van der Waals surface area contributed by atoms with Crippen molar-refractivity contribution < 1.29 is 14.4 Å². The van der Waals surface area contributed by atoms with Gasteiger partial charge in [0.05, 0.1) is 16.7 Å². The molecule has 0 heterocycles. The molecule has 0 radical (unpaired) electrons. The highest BCUT2D eigenvalue weighted by molar-refractivity contribution is 6.06. The molecule has 0 saturated carbocycles. The Morgan fingerprint density at radius 3 is 2.18 bits per heavy atom. The van der Waals surface area contributed by atoms with Crippen LogP contribution in [-0.4, -0.2) is 17.4 Å². The van der Waals surface area contributed by atoms with Gasteiger partial charge in [-0.2, -0.15) is 0 Å². The van der Waals surface area contributed by atoms with Gasteiger partial charge >= 0.3 is 0 Å².